The molecule has 3 amide bonds. The van der Waals surface area contributed by atoms with Crippen LogP contribution >= 0.6 is 11.6 Å². The van der Waals surface area contributed by atoms with E-state index in [0.717, 1.165) is 0 Å². The van der Waals surface area contributed by atoms with Crippen molar-refractivity contribution >= 4 is 41.4 Å². The number of amides is 3. The molecule has 3 rings (SSSR count). The maximum Gasteiger partial charge on any atom is 0.408 e. The third-order valence-corrected chi connectivity index (χ3v) is 7.66. The lowest BCUT2D eigenvalue weighted by atomic mass is 9.62. The SMILES string of the molecule is CCC1(CC)C(NC(=O)Nc2ccccc2Cl)C2C(C(=O)O)C2C1(NC(=O)OC(C)(C)C)C(=O)O. The minimum atomic E-state index is -1.96. The Labute approximate surface area is 208 Å². The first-order valence-corrected chi connectivity index (χ1v) is 11.9. The molecular weight excluding hydrogens is 478 g/mol. The van der Waals surface area contributed by atoms with E-state index in [4.69, 9.17) is 16.3 Å². The van der Waals surface area contributed by atoms with Crippen LogP contribution in [0.15, 0.2) is 24.3 Å². The van der Waals surface area contributed by atoms with Crippen LogP contribution in [0.1, 0.15) is 47.5 Å². The second kappa shape index (κ2) is 9.22. The second-order valence-corrected chi connectivity index (χ2v) is 10.5. The summed E-state index contributed by atoms with van der Waals surface area (Å²) in [4.78, 5) is 50.8. The smallest absolute Gasteiger partial charge is 0.408 e. The number of benzene rings is 1. The average Bonchev–Trinajstić information content (AvgIpc) is 3.44. The van der Waals surface area contributed by atoms with Crippen molar-refractivity contribution in [2.45, 2.75) is 64.6 Å². The molecule has 0 aliphatic heterocycles. The first kappa shape index (κ1) is 26.6. The Kier molecular flexibility index (Phi) is 7.00. The number of hydrogen-bond acceptors (Lipinski definition) is 5. The van der Waals surface area contributed by atoms with Crippen LogP contribution in [0.25, 0.3) is 0 Å². The molecule has 2 aliphatic rings. The van der Waals surface area contributed by atoms with Crippen molar-refractivity contribution in [1.82, 2.24) is 10.6 Å². The Hall–Kier alpha value is -3.01. The molecule has 10 nitrogen and oxygen atoms in total. The zero-order valence-electron chi connectivity index (χ0n) is 20.3. The lowest BCUT2D eigenvalue weighted by Crippen LogP contribution is -2.69. The van der Waals surface area contributed by atoms with Crippen molar-refractivity contribution in [1.29, 1.82) is 0 Å². The quantitative estimate of drug-likeness (QED) is 0.373. The summed E-state index contributed by atoms with van der Waals surface area (Å²) >= 11 is 6.13. The zero-order chi connectivity index (χ0) is 26.3. The molecule has 192 valence electrons. The van der Waals surface area contributed by atoms with Crippen LogP contribution in [0.3, 0.4) is 0 Å². The molecule has 2 saturated carbocycles. The molecule has 0 radical (unpaired) electrons. The molecule has 0 bridgehead atoms. The fraction of sp³-hybridized carbons (Fsp3) is 0.583. The number of rotatable bonds is 7. The Morgan fingerprint density at radius 3 is 2.17 bits per heavy atom. The van der Waals surface area contributed by atoms with E-state index in [1.165, 1.54) is 0 Å². The first-order valence-electron chi connectivity index (χ1n) is 11.5. The van der Waals surface area contributed by atoms with Gasteiger partial charge in [-0.25, -0.2) is 14.4 Å². The minimum Gasteiger partial charge on any atom is -0.481 e. The number of carbonyl (C=O) groups is 4. The Morgan fingerprint density at radius 1 is 1.09 bits per heavy atom. The Balaban J connectivity index is 2.03. The summed E-state index contributed by atoms with van der Waals surface area (Å²) in [6.45, 7) is 8.46. The number of para-hydroxylation sites is 1. The van der Waals surface area contributed by atoms with Gasteiger partial charge in [-0.2, -0.15) is 0 Å². The molecule has 0 aromatic heterocycles. The monoisotopic (exact) mass is 509 g/mol. The second-order valence-electron chi connectivity index (χ2n) is 10.1. The number of anilines is 1. The van der Waals surface area contributed by atoms with Gasteiger partial charge in [-0.05, 0) is 51.7 Å². The van der Waals surface area contributed by atoms with Gasteiger partial charge in [0.05, 0.1) is 16.6 Å². The number of carbonyl (C=O) groups excluding carboxylic acids is 2. The van der Waals surface area contributed by atoms with Gasteiger partial charge in [-0.3, -0.25) is 4.79 Å². The fourth-order valence-electron chi connectivity index (χ4n) is 6.00. The highest BCUT2D eigenvalue weighted by atomic mass is 35.5. The predicted molar refractivity (Wildman–Crippen MR) is 128 cm³/mol. The van der Waals surface area contributed by atoms with Gasteiger partial charge in [0, 0.05) is 17.4 Å². The highest BCUT2D eigenvalue weighted by Crippen LogP contribution is 2.71. The molecule has 35 heavy (non-hydrogen) atoms. The van der Waals surface area contributed by atoms with Crippen LogP contribution in [-0.2, 0) is 14.3 Å². The maximum atomic E-state index is 13.0. The van der Waals surface area contributed by atoms with Gasteiger partial charge in [0.2, 0.25) is 0 Å². The molecule has 0 heterocycles. The summed E-state index contributed by atoms with van der Waals surface area (Å²) in [6, 6.07) is 5.11. The molecular formula is C24H32ClN3O7. The third kappa shape index (κ3) is 4.39. The van der Waals surface area contributed by atoms with E-state index in [1.54, 1.807) is 58.9 Å². The number of hydrogen-bond donors (Lipinski definition) is 5. The van der Waals surface area contributed by atoms with E-state index in [-0.39, 0.29) is 12.8 Å². The molecule has 2 aliphatic carbocycles. The third-order valence-electron chi connectivity index (χ3n) is 7.33. The van der Waals surface area contributed by atoms with Crippen LogP contribution < -0.4 is 16.0 Å². The highest BCUT2D eigenvalue weighted by Gasteiger charge is 2.84. The average molecular weight is 510 g/mol. The molecule has 0 saturated heterocycles. The molecule has 11 heteroatoms. The summed E-state index contributed by atoms with van der Waals surface area (Å²) in [5.41, 5.74) is -3.70. The van der Waals surface area contributed by atoms with Crippen molar-refractivity contribution in [3.63, 3.8) is 0 Å². The first-order chi connectivity index (χ1) is 16.3. The van der Waals surface area contributed by atoms with Crippen LogP contribution in [0, 0.1) is 23.2 Å². The molecule has 5 N–H and O–H groups in total. The topological polar surface area (TPSA) is 154 Å². The predicted octanol–water partition coefficient (Wildman–Crippen LogP) is 3.95. The molecule has 1 aromatic rings. The largest absolute Gasteiger partial charge is 0.481 e. The zero-order valence-corrected chi connectivity index (χ0v) is 21.1. The van der Waals surface area contributed by atoms with E-state index in [2.05, 4.69) is 16.0 Å². The van der Waals surface area contributed by atoms with Gasteiger partial charge < -0.3 is 30.9 Å². The number of aliphatic carboxylic acids is 2. The number of nitrogens with one attached hydrogen (secondary N) is 3. The van der Waals surface area contributed by atoms with Gasteiger partial charge in [0.1, 0.15) is 5.60 Å². The van der Waals surface area contributed by atoms with E-state index < -0.39 is 64.4 Å². The summed E-state index contributed by atoms with van der Waals surface area (Å²) < 4.78 is 5.35. The number of carboxylic acid groups (broad SMARTS) is 2. The van der Waals surface area contributed by atoms with Crippen LogP contribution in [0.4, 0.5) is 15.3 Å². The van der Waals surface area contributed by atoms with Gasteiger partial charge in [-0.1, -0.05) is 37.6 Å². The lowest BCUT2D eigenvalue weighted by molar-refractivity contribution is -0.155. The van der Waals surface area contributed by atoms with Crippen molar-refractivity contribution in [2.24, 2.45) is 23.2 Å². The Morgan fingerprint density at radius 2 is 1.69 bits per heavy atom. The van der Waals surface area contributed by atoms with E-state index in [9.17, 15) is 29.4 Å². The molecule has 5 atom stereocenters. The van der Waals surface area contributed by atoms with Crippen molar-refractivity contribution < 1.29 is 34.1 Å². The molecule has 0 spiro atoms. The fourth-order valence-corrected chi connectivity index (χ4v) is 6.18. The minimum absolute atomic E-state index is 0.252. The number of ether oxygens (including phenoxy) is 1. The van der Waals surface area contributed by atoms with E-state index in [0.29, 0.717) is 10.7 Å². The summed E-state index contributed by atoms with van der Waals surface area (Å²) in [6.07, 6.45) is -0.452. The van der Waals surface area contributed by atoms with Gasteiger partial charge in [-0.15, -0.1) is 0 Å². The summed E-state index contributed by atoms with van der Waals surface area (Å²) in [5, 5.41) is 28.7. The summed E-state index contributed by atoms with van der Waals surface area (Å²) in [7, 11) is 0. The van der Waals surface area contributed by atoms with E-state index >= 15 is 0 Å². The standard InChI is InChI=1S/C24H32ClN3O7/c1-6-23(7-2)17(27-20(33)26-13-11-9-8-10-12(13)25)14-15(18(29)30)16(14)24(23,19(31)32)28-21(34)35-22(3,4)5/h8-11,14-17H,6-7H2,1-5H3,(H,28,34)(H,29,30)(H,31,32)(H2,26,27,33). The van der Waals surface area contributed by atoms with E-state index in [1.807, 2.05) is 0 Å². The lowest BCUT2D eigenvalue weighted by Gasteiger charge is -2.48. The van der Waals surface area contributed by atoms with Gasteiger partial charge >= 0.3 is 24.1 Å². The normalized spacial score (nSPS) is 28.4. The number of halogens is 1. The van der Waals surface area contributed by atoms with Gasteiger partial charge in [0.25, 0.3) is 0 Å². The highest BCUT2D eigenvalue weighted by molar-refractivity contribution is 6.33. The van der Waals surface area contributed by atoms with Gasteiger partial charge in [0.15, 0.2) is 5.54 Å². The van der Waals surface area contributed by atoms with Crippen molar-refractivity contribution in [3.05, 3.63) is 29.3 Å². The number of carboxylic acids is 2. The van der Waals surface area contributed by atoms with Crippen LogP contribution in [-0.4, -0.2) is 51.5 Å². The van der Waals surface area contributed by atoms with Crippen LogP contribution in [0.5, 0.6) is 0 Å². The number of fused-ring (bicyclic) bond motifs is 1. The number of urea groups is 1. The molecule has 5 unspecified atom stereocenters. The van der Waals surface area contributed by atoms with Crippen molar-refractivity contribution in [2.75, 3.05) is 5.32 Å². The Bertz CT molecular complexity index is 1040. The molecule has 1 aromatic carbocycles. The number of alkyl carbamates (subject to hydrolysis) is 1. The summed E-state index contributed by atoms with van der Waals surface area (Å²) in [5.74, 6) is -5.24. The maximum absolute atomic E-state index is 13.0. The van der Waals surface area contributed by atoms with Crippen molar-refractivity contribution in [3.8, 4) is 0 Å². The molecule has 2 fully saturated rings. The van der Waals surface area contributed by atoms with Crippen LogP contribution in [0.2, 0.25) is 5.02 Å².